The smallest absolute Gasteiger partial charge is 0.380 e. The Hall–Kier alpha value is -2.22. The second-order valence-corrected chi connectivity index (χ2v) is 20.0. The van der Waals surface area contributed by atoms with Crippen LogP contribution >= 0.6 is 56.7 Å². The molecule has 0 amide bonds. The highest BCUT2D eigenvalue weighted by molar-refractivity contribution is 7.27. The van der Waals surface area contributed by atoms with Crippen molar-refractivity contribution in [3.05, 3.63) is 79.7 Å². The molecule has 0 radical (unpaired) electrons. The molecule has 12 heteroatoms. The lowest BCUT2D eigenvalue weighted by molar-refractivity contribution is -0.254. The van der Waals surface area contributed by atoms with E-state index in [-0.39, 0.29) is 26.8 Å². The summed E-state index contributed by atoms with van der Waals surface area (Å²) in [6.45, 7) is 15.9. The maximum absolute atomic E-state index is 16.2. The molecule has 0 aromatic carbocycles. The molecule has 0 saturated carbocycles. The summed E-state index contributed by atoms with van der Waals surface area (Å²) >= 11 is 6.23. The van der Waals surface area contributed by atoms with Crippen molar-refractivity contribution < 1.29 is 31.4 Å². The highest BCUT2D eigenvalue weighted by atomic mass is 32.1. The molecule has 0 spiro atoms. The fourth-order valence-electron chi connectivity index (χ4n) is 5.99. The lowest BCUT2D eigenvalue weighted by Gasteiger charge is -2.25. The van der Waals surface area contributed by atoms with Gasteiger partial charge in [-0.3, -0.25) is 0 Å². The minimum atomic E-state index is -5.68. The Morgan fingerprint density at radius 2 is 1.06 bits per heavy atom. The number of hydrogen-bond acceptors (Lipinski definition) is 6. The van der Waals surface area contributed by atoms with Crippen LogP contribution in [0.3, 0.4) is 0 Å². The summed E-state index contributed by atoms with van der Waals surface area (Å²) in [7, 11) is 0. The van der Waals surface area contributed by atoms with Crippen molar-refractivity contribution in [2.45, 2.75) is 102 Å². The largest absolute Gasteiger partial charge is 0.384 e. The van der Waals surface area contributed by atoms with Crippen molar-refractivity contribution in [2.24, 2.45) is 0 Å². The molecule has 1 nitrogen and oxygen atoms in total. The quantitative estimate of drug-likeness (QED) is 0.155. The Morgan fingerprint density at radius 1 is 0.580 bits per heavy atom. The summed E-state index contributed by atoms with van der Waals surface area (Å²) in [4.78, 5) is 5.75. The van der Waals surface area contributed by atoms with Gasteiger partial charge in [0.1, 0.15) is 0 Å². The zero-order chi connectivity index (χ0) is 36.8. The summed E-state index contributed by atoms with van der Waals surface area (Å²) in [6, 6.07) is 13.6. The molecule has 0 atom stereocenters. The van der Waals surface area contributed by atoms with E-state index in [1.54, 1.807) is 12.1 Å². The molecule has 5 heterocycles. The van der Waals surface area contributed by atoms with Gasteiger partial charge in [-0.25, -0.2) is 0 Å². The van der Waals surface area contributed by atoms with Crippen molar-refractivity contribution in [1.29, 1.82) is 0 Å². The van der Waals surface area contributed by atoms with E-state index in [4.69, 9.17) is 0 Å². The molecule has 0 unspecified atom stereocenters. The Bertz CT molecular complexity index is 2070. The van der Waals surface area contributed by atoms with E-state index in [0.717, 1.165) is 53.5 Å². The standard InChI is InChI=1S/C38H38F6OS5/c1-9-35(45,10-2)29-16-13-24(49-29)32-21(18-26(50-32)23-12-15-28(48-23)34(6,7)8)31-30(36(39,40)38(43,44)37(31,41)42)20-17-25(46-19-20)22-11-14-27(47-22)33(3,4)5/h11-19,45H,9-10H2,1-8H3. The van der Waals surface area contributed by atoms with Crippen LogP contribution in [0.5, 0.6) is 0 Å². The van der Waals surface area contributed by atoms with Gasteiger partial charge in [-0.1, -0.05) is 55.4 Å². The van der Waals surface area contributed by atoms with Gasteiger partial charge in [0.15, 0.2) is 0 Å². The average Bonchev–Trinajstić information content (AvgIpc) is 3.86. The van der Waals surface area contributed by atoms with Crippen LogP contribution in [0, 0.1) is 0 Å². The first-order valence-corrected chi connectivity index (χ1v) is 20.4. The topological polar surface area (TPSA) is 20.2 Å². The van der Waals surface area contributed by atoms with Crippen LogP contribution < -0.4 is 0 Å². The number of alkyl halides is 6. The number of rotatable bonds is 8. The molecule has 5 aromatic rings. The van der Waals surface area contributed by atoms with Crippen LogP contribution in [0.2, 0.25) is 0 Å². The number of hydrogen-bond donors (Lipinski definition) is 1. The summed E-state index contributed by atoms with van der Waals surface area (Å²) < 4.78 is 95.5. The van der Waals surface area contributed by atoms with Crippen LogP contribution in [0.1, 0.15) is 94.0 Å². The summed E-state index contributed by atoms with van der Waals surface area (Å²) in [5.41, 5.74) is -4.97. The number of aliphatic hydroxyl groups is 1. The number of halogens is 6. The van der Waals surface area contributed by atoms with Crippen molar-refractivity contribution in [2.75, 3.05) is 0 Å². The highest BCUT2D eigenvalue weighted by Crippen LogP contribution is 2.66. The van der Waals surface area contributed by atoms with E-state index in [1.807, 2.05) is 79.7 Å². The Morgan fingerprint density at radius 3 is 1.58 bits per heavy atom. The number of allylic oxidation sites excluding steroid dienone is 2. The van der Waals surface area contributed by atoms with Gasteiger partial charge in [0, 0.05) is 55.7 Å². The normalized spacial score (nSPS) is 17.7. The third-order valence-corrected chi connectivity index (χ3v) is 16.1. The van der Waals surface area contributed by atoms with Gasteiger partial charge in [0.05, 0.1) is 10.5 Å². The van der Waals surface area contributed by atoms with E-state index in [1.165, 1.54) is 40.2 Å². The van der Waals surface area contributed by atoms with Crippen LogP contribution in [0.15, 0.2) is 53.9 Å². The van der Waals surface area contributed by atoms with Gasteiger partial charge >= 0.3 is 17.8 Å². The van der Waals surface area contributed by atoms with Gasteiger partial charge in [-0.2, -0.15) is 26.3 Å². The van der Waals surface area contributed by atoms with Crippen molar-refractivity contribution in [3.63, 3.8) is 0 Å². The lowest BCUT2D eigenvalue weighted by atomic mass is 9.94. The first kappa shape index (κ1) is 37.5. The molecule has 1 aliphatic rings. The molecular weight excluding hydrogens is 747 g/mol. The zero-order valence-corrected chi connectivity index (χ0v) is 32.9. The zero-order valence-electron chi connectivity index (χ0n) is 28.9. The Kier molecular flexibility index (Phi) is 9.34. The minimum Gasteiger partial charge on any atom is -0.384 e. The molecule has 0 fully saturated rings. The first-order chi connectivity index (χ1) is 23.1. The van der Waals surface area contributed by atoms with E-state index in [2.05, 4.69) is 0 Å². The van der Waals surface area contributed by atoms with Crippen molar-refractivity contribution >= 4 is 67.8 Å². The van der Waals surface area contributed by atoms with Gasteiger partial charge in [0.2, 0.25) is 0 Å². The summed E-state index contributed by atoms with van der Waals surface area (Å²) in [5.74, 6) is -16.0. The molecule has 0 aliphatic heterocycles. The second kappa shape index (κ2) is 12.4. The predicted molar refractivity (Wildman–Crippen MR) is 202 cm³/mol. The van der Waals surface area contributed by atoms with E-state index < -0.39 is 34.5 Å². The number of thiophene rings is 5. The molecule has 6 rings (SSSR count). The molecule has 0 bridgehead atoms. The molecule has 268 valence electrons. The van der Waals surface area contributed by atoms with Gasteiger partial charge in [0.25, 0.3) is 0 Å². The average molecular weight is 785 g/mol. The first-order valence-electron chi connectivity index (χ1n) is 16.2. The van der Waals surface area contributed by atoms with Crippen LogP contribution in [-0.2, 0) is 16.4 Å². The fraction of sp³-hybridized carbons (Fsp3) is 0.421. The minimum absolute atomic E-state index is 0.170. The fourth-order valence-corrected chi connectivity index (χ4v) is 11.7. The van der Waals surface area contributed by atoms with Crippen LogP contribution in [0.4, 0.5) is 26.3 Å². The lowest BCUT2D eigenvalue weighted by Crippen LogP contribution is -2.48. The van der Waals surface area contributed by atoms with Gasteiger partial charge in [-0.05, 0) is 83.1 Å². The van der Waals surface area contributed by atoms with E-state index >= 15 is 26.3 Å². The predicted octanol–water partition coefficient (Wildman–Crippen LogP) is 14.4. The van der Waals surface area contributed by atoms with Gasteiger partial charge in [-0.15, -0.1) is 56.7 Å². The molecule has 1 N–H and O–H groups in total. The Labute approximate surface area is 309 Å². The van der Waals surface area contributed by atoms with Crippen molar-refractivity contribution in [1.82, 2.24) is 0 Å². The van der Waals surface area contributed by atoms with Crippen LogP contribution in [0.25, 0.3) is 40.4 Å². The van der Waals surface area contributed by atoms with E-state index in [9.17, 15) is 5.11 Å². The van der Waals surface area contributed by atoms with E-state index in [0.29, 0.717) is 32.4 Å². The van der Waals surface area contributed by atoms with Crippen LogP contribution in [-0.4, -0.2) is 22.9 Å². The molecular formula is C38H38F6OS5. The molecule has 0 saturated heterocycles. The molecule has 1 aliphatic carbocycles. The summed E-state index contributed by atoms with van der Waals surface area (Å²) in [5, 5.41) is 12.5. The third kappa shape index (κ3) is 5.99. The maximum Gasteiger partial charge on any atom is 0.380 e. The van der Waals surface area contributed by atoms with Crippen molar-refractivity contribution in [3.8, 4) is 29.3 Å². The second-order valence-electron chi connectivity index (χ2n) is 14.8. The monoisotopic (exact) mass is 784 g/mol. The Balaban J connectivity index is 1.61. The van der Waals surface area contributed by atoms with Gasteiger partial charge < -0.3 is 5.11 Å². The molecule has 5 aromatic heterocycles. The SMILES string of the molecule is CCC(O)(CC)c1ccc(-c2sc(-c3ccc(C(C)(C)C)s3)cc2C2=C(c3csc(-c4ccc(C(C)(C)C)s4)c3)C(F)(F)C(F)(F)C2(F)F)s1. The molecule has 50 heavy (non-hydrogen) atoms. The third-order valence-electron chi connectivity index (χ3n) is 9.19. The summed E-state index contributed by atoms with van der Waals surface area (Å²) in [6.07, 6.45) is 0.787. The highest BCUT2D eigenvalue weighted by Gasteiger charge is 2.80. The maximum atomic E-state index is 16.2.